The zero-order chi connectivity index (χ0) is 16.8. The summed E-state index contributed by atoms with van der Waals surface area (Å²) < 4.78 is 5.36. The van der Waals surface area contributed by atoms with Crippen LogP contribution in [0.15, 0.2) is 29.3 Å². The topological polar surface area (TPSA) is 76.7 Å². The third kappa shape index (κ3) is 7.11. The Labute approximate surface area is 133 Å². The number of guanidine groups is 1. The van der Waals surface area contributed by atoms with Gasteiger partial charge in [0.25, 0.3) is 0 Å². The third-order valence-electron chi connectivity index (χ3n) is 2.68. The molecule has 0 spiro atoms. The summed E-state index contributed by atoms with van der Waals surface area (Å²) >= 11 is 0. The SMILES string of the molecule is CC(C)CNC(N)=NCc1cccc(C(=O)OC(C)(C)C)c1. The van der Waals surface area contributed by atoms with Crippen molar-refractivity contribution in [2.24, 2.45) is 16.6 Å². The summed E-state index contributed by atoms with van der Waals surface area (Å²) in [5.74, 6) is 0.588. The molecule has 3 N–H and O–H groups in total. The first-order valence-corrected chi connectivity index (χ1v) is 7.53. The van der Waals surface area contributed by atoms with E-state index in [-0.39, 0.29) is 5.97 Å². The molecule has 0 atom stereocenters. The minimum Gasteiger partial charge on any atom is -0.456 e. The Kier molecular flexibility index (Phi) is 6.40. The van der Waals surface area contributed by atoms with Crippen LogP contribution < -0.4 is 11.1 Å². The Morgan fingerprint density at radius 2 is 2.05 bits per heavy atom. The van der Waals surface area contributed by atoms with Gasteiger partial charge in [0.05, 0.1) is 12.1 Å². The first-order valence-electron chi connectivity index (χ1n) is 7.53. The third-order valence-corrected chi connectivity index (χ3v) is 2.68. The molecular weight excluding hydrogens is 278 g/mol. The molecule has 0 radical (unpaired) electrons. The molecule has 0 aromatic heterocycles. The van der Waals surface area contributed by atoms with E-state index in [1.165, 1.54) is 0 Å². The van der Waals surface area contributed by atoms with Crippen LogP contribution in [0.5, 0.6) is 0 Å². The van der Waals surface area contributed by atoms with Crippen LogP contribution >= 0.6 is 0 Å². The molecule has 0 aliphatic rings. The lowest BCUT2D eigenvalue weighted by molar-refractivity contribution is 0.00694. The number of rotatable bonds is 5. The molecule has 122 valence electrons. The highest BCUT2D eigenvalue weighted by molar-refractivity contribution is 5.89. The van der Waals surface area contributed by atoms with Gasteiger partial charge in [0, 0.05) is 6.54 Å². The smallest absolute Gasteiger partial charge is 0.338 e. The van der Waals surface area contributed by atoms with Gasteiger partial charge in [-0.1, -0.05) is 26.0 Å². The number of carbonyl (C=O) groups is 1. The van der Waals surface area contributed by atoms with Gasteiger partial charge >= 0.3 is 5.97 Å². The van der Waals surface area contributed by atoms with Crippen LogP contribution in [-0.4, -0.2) is 24.1 Å². The quantitative estimate of drug-likeness (QED) is 0.498. The molecule has 22 heavy (non-hydrogen) atoms. The van der Waals surface area contributed by atoms with Crippen molar-refractivity contribution in [1.29, 1.82) is 0 Å². The van der Waals surface area contributed by atoms with Crippen LogP contribution in [0, 0.1) is 5.92 Å². The summed E-state index contributed by atoms with van der Waals surface area (Å²) in [7, 11) is 0. The van der Waals surface area contributed by atoms with Gasteiger partial charge in [0.1, 0.15) is 5.60 Å². The summed E-state index contributed by atoms with van der Waals surface area (Å²) in [6.45, 7) is 11.0. The highest BCUT2D eigenvalue weighted by Gasteiger charge is 2.17. The van der Waals surface area contributed by atoms with Gasteiger partial charge in [-0.2, -0.15) is 0 Å². The second kappa shape index (κ2) is 7.82. The summed E-state index contributed by atoms with van der Waals surface area (Å²) in [5, 5.41) is 3.06. The van der Waals surface area contributed by atoms with Crippen LogP contribution in [0.4, 0.5) is 0 Å². The minimum atomic E-state index is -0.504. The Morgan fingerprint density at radius 1 is 1.36 bits per heavy atom. The van der Waals surface area contributed by atoms with Gasteiger partial charge in [-0.25, -0.2) is 9.79 Å². The molecule has 0 aliphatic heterocycles. The van der Waals surface area contributed by atoms with E-state index in [2.05, 4.69) is 24.2 Å². The highest BCUT2D eigenvalue weighted by atomic mass is 16.6. The van der Waals surface area contributed by atoms with Gasteiger partial charge < -0.3 is 15.8 Å². The second-order valence-electron chi connectivity index (χ2n) is 6.68. The molecule has 1 aromatic carbocycles. The normalized spacial score (nSPS) is 12.4. The van der Waals surface area contributed by atoms with Crippen molar-refractivity contribution < 1.29 is 9.53 Å². The van der Waals surface area contributed by atoms with Gasteiger partial charge in [-0.3, -0.25) is 0 Å². The van der Waals surface area contributed by atoms with Crippen LogP contribution in [0.3, 0.4) is 0 Å². The number of hydrogen-bond donors (Lipinski definition) is 2. The number of hydrogen-bond acceptors (Lipinski definition) is 3. The van der Waals surface area contributed by atoms with E-state index in [0.29, 0.717) is 24.0 Å². The van der Waals surface area contributed by atoms with E-state index in [1.54, 1.807) is 12.1 Å². The Balaban J connectivity index is 2.68. The molecule has 0 saturated carbocycles. The molecule has 5 nitrogen and oxygen atoms in total. The number of nitrogens with two attached hydrogens (primary N) is 1. The zero-order valence-electron chi connectivity index (χ0n) is 14.1. The lowest BCUT2D eigenvalue weighted by Gasteiger charge is -2.19. The van der Waals surface area contributed by atoms with Crippen molar-refractivity contribution >= 4 is 11.9 Å². The number of carbonyl (C=O) groups excluding carboxylic acids is 1. The summed E-state index contributed by atoms with van der Waals surface area (Å²) in [4.78, 5) is 16.3. The number of esters is 1. The van der Waals surface area contributed by atoms with Crippen molar-refractivity contribution in [3.05, 3.63) is 35.4 Å². The average molecular weight is 305 g/mol. The van der Waals surface area contributed by atoms with Crippen LogP contribution in [0.25, 0.3) is 0 Å². The maximum atomic E-state index is 12.0. The molecular formula is C17H27N3O2. The lowest BCUT2D eigenvalue weighted by Crippen LogP contribution is -2.34. The fourth-order valence-corrected chi connectivity index (χ4v) is 1.67. The molecule has 0 bridgehead atoms. The molecule has 5 heteroatoms. The molecule has 0 saturated heterocycles. The average Bonchev–Trinajstić information content (AvgIpc) is 2.41. The van der Waals surface area contributed by atoms with Crippen molar-refractivity contribution in [2.75, 3.05) is 6.54 Å². The monoisotopic (exact) mass is 305 g/mol. The predicted octanol–water partition coefficient (Wildman–Crippen LogP) is 2.70. The van der Waals surface area contributed by atoms with Gasteiger partial charge in [-0.15, -0.1) is 0 Å². The highest BCUT2D eigenvalue weighted by Crippen LogP contribution is 2.13. The molecule has 0 aliphatic carbocycles. The van der Waals surface area contributed by atoms with Gasteiger partial charge in [0.2, 0.25) is 0 Å². The molecule has 1 rings (SSSR count). The van der Waals surface area contributed by atoms with Crippen molar-refractivity contribution in [2.45, 2.75) is 46.8 Å². The maximum absolute atomic E-state index is 12.0. The zero-order valence-corrected chi connectivity index (χ0v) is 14.1. The number of ether oxygens (including phenoxy) is 1. The predicted molar refractivity (Wildman–Crippen MR) is 89.8 cm³/mol. The van der Waals surface area contributed by atoms with E-state index in [9.17, 15) is 4.79 Å². The first-order chi connectivity index (χ1) is 10.2. The van der Waals surface area contributed by atoms with Crippen molar-refractivity contribution in [3.8, 4) is 0 Å². The maximum Gasteiger partial charge on any atom is 0.338 e. The Bertz CT molecular complexity index is 531. The van der Waals surface area contributed by atoms with E-state index < -0.39 is 5.60 Å². The number of nitrogens with one attached hydrogen (secondary N) is 1. The number of benzene rings is 1. The Hall–Kier alpha value is -2.04. The summed E-state index contributed by atoms with van der Waals surface area (Å²) in [5.41, 5.74) is 6.73. The van der Waals surface area contributed by atoms with Crippen LogP contribution in [0.1, 0.15) is 50.5 Å². The van der Waals surface area contributed by atoms with Crippen molar-refractivity contribution in [1.82, 2.24) is 5.32 Å². The fourth-order valence-electron chi connectivity index (χ4n) is 1.67. The number of aliphatic imine (C=N–C) groups is 1. The second-order valence-corrected chi connectivity index (χ2v) is 6.68. The van der Waals surface area contributed by atoms with Crippen LogP contribution in [0.2, 0.25) is 0 Å². The van der Waals surface area contributed by atoms with E-state index in [4.69, 9.17) is 10.5 Å². The van der Waals surface area contributed by atoms with Crippen LogP contribution in [-0.2, 0) is 11.3 Å². The standard InChI is InChI=1S/C17H27N3O2/c1-12(2)10-19-16(18)20-11-13-7-6-8-14(9-13)15(21)22-17(3,4)5/h6-9,12H,10-11H2,1-5H3,(H3,18,19,20). The van der Waals surface area contributed by atoms with Gasteiger partial charge in [-0.05, 0) is 44.4 Å². The lowest BCUT2D eigenvalue weighted by atomic mass is 10.1. The molecule has 0 amide bonds. The molecule has 0 fully saturated rings. The van der Waals surface area contributed by atoms with E-state index in [1.807, 2.05) is 32.9 Å². The molecule has 1 aromatic rings. The molecule has 0 unspecified atom stereocenters. The molecule has 0 heterocycles. The summed E-state index contributed by atoms with van der Waals surface area (Å²) in [6.07, 6.45) is 0. The minimum absolute atomic E-state index is 0.329. The number of nitrogens with zero attached hydrogens (tertiary/aromatic N) is 1. The summed E-state index contributed by atoms with van der Waals surface area (Å²) in [6, 6.07) is 7.25. The Morgan fingerprint density at radius 3 is 2.64 bits per heavy atom. The van der Waals surface area contributed by atoms with E-state index >= 15 is 0 Å². The first kappa shape index (κ1) is 18.0. The largest absolute Gasteiger partial charge is 0.456 e. The van der Waals surface area contributed by atoms with Crippen molar-refractivity contribution in [3.63, 3.8) is 0 Å². The van der Waals surface area contributed by atoms with Gasteiger partial charge in [0.15, 0.2) is 5.96 Å². The fraction of sp³-hybridized carbons (Fsp3) is 0.529. The van der Waals surface area contributed by atoms with E-state index in [0.717, 1.165) is 12.1 Å².